The third kappa shape index (κ3) is 2.59. The molecule has 0 N–H and O–H groups in total. The number of hydrogen-bond donors (Lipinski definition) is 0. The van der Waals surface area contributed by atoms with Crippen molar-refractivity contribution in [1.29, 1.82) is 5.26 Å². The smallest absolute Gasteiger partial charge is 0.255 e. The molecule has 0 radical (unpaired) electrons. The number of carbonyl (C=O) groups is 1. The van der Waals surface area contributed by atoms with Gasteiger partial charge in [0.25, 0.3) is 5.91 Å². The van der Waals surface area contributed by atoms with E-state index in [2.05, 4.69) is 6.07 Å². The SMILES string of the molecule is N#CC1COCCN1C(=O)c1ccc(Cl)c(Cl)c1. The Morgan fingerprint density at radius 3 is 2.89 bits per heavy atom. The summed E-state index contributed by atoms with van der Waals surface area (Å²) in [5, 5.41) is 9.70. The van der Waals surface area contributed by atoms with Crippen LogP contribution in [0.5, 0.6) is 0 Å². The standard InChI is InChI=1S/C12H10Cl2N2O2/c13-10-2-1-8(5-11(10)14)12(17)16-3-4-18-7-9(16)6-15/h1-2,5,9H,3-4,7H2. The highest BCUT2D eigenvalue weighted by molar-refractivity contribution is 6.42. The van der Waals surface area contributed by atoms with Crippen molar-refractivity contribution in [2.45, 2.75) is 6.04 Å². The van der Waals surface area contributed by atoms with Gasteiger partial charge in [0.05, 0.1) is 29.3 Å². The number of benzene rings is 1. The zero-order valence-corrected chi connectivity index (χ0v) is 10.9. The molecule has 0 saturated carbocycles. The normalized spacial score (nSPS) is 19.4. The largest absolute Gasteiger partial charge is 0.376 e. The number of rotatable bonds is 1. The lowest BCUT2D eigenvalue weighted by Crippen LogP contribution is -2.47. The average molecular weight is 285 g/mol. The number of hydrogen-bond acceptors (Lipinski definition) is 3. The van der Waals surface area contributed by atoms with Gasteiger partial charge < -0.3 is 9.64 Å². The Balaban J connectivity index is 2.24. The van der Waals surface area contributed by atoms with Crippen LogP contribution in [0.25, 0.3) is 0 Å². The minimum absolute atomic E-state index is 0.233. The fourth-order valence-corrected chi connectivity index (χ4v) is 2.05. The minimum atomic E-state index is -0.555. The summed E-state index contributed by atoms with van der Waals surface area (Å²) in [4.78, 5) is 13.7. The number of morpholine rings is 1. The molecule has 1 atom stereocenters. The van der Waals surface area contributed by atoms with E-state index in [1.807, 2.05) is 0 Å². The number of carbonyl (C=O) groups excluding carboxylic acids is 1. The third-order valence-corrected chi connectivity index (χ3v) is 3.44. The molecular weight excluding hydrogens is 275 g/mol. The van der Waals surface area contributed by atoms with Gasteiger partial charge in [-0.1, -0.05) is 23.2 Å². The molecule has 0 aliphatic carbocycles. The summed E-state index contributed by atoms with van der Waals surface area (Å²) in [6.07, 6.45) is 0. The zero-order chi connectivity index (χ0) is 13.1. The van der Waals surface area contributed by atoms with Gasteiger partial charge >= 0.3 is 0 Å². The molecule has 0 spiro atoms. The monoisotopic (exact) mass is 284 g/mol. The van der Waals surface area contributed by atoms with E-state index < -0.39 is 6.04 Å². The van der Waals surface area contributed by atoms with E-state index in [-0.39, 0.29) is 12.5 Å². The highest BCUT2D eigenvalue weighted by Crippen LogP contribution is 2.24. The van der Waals surface area contributed by atoms with E-state index in [0.29, 0.717) is 28.8 Å². The number of amides is 1. The van der Waals surface area contributed by atoms with Gasteiger partial charge in [-0.3, -0.25) is 4.79 Å². The summed E-state index contributed by atoms with van der Waals surface area (Å²) in [7, 11) is 0. The second-order valence-electron chi connectivity index (χ2n) is 3.85. The first-order valence-corrected chi connectivity index (χ1v) is 6.12. The molecule has 18 heavy (non-hydrogen) atoms. The van der Waals surface area contributed by atoms with Gasteiger partial charge in [0.1, 0.15) is 6.04 Å². The molecule has 0 aromatic heterocycles. The topological polar surface area (TPSA) is 53.3 Å². The summed E-state index contributed by atoms with van der Waals surface area (Å²) in [6.45, 7) is 1.08. The Morgan fingerprint density at radius 2 is 2.22 bits per heavy atom. The van der Waals surface area contributed by atoms with Crippen LogP contribution in [0.4, 0.5) is 0 Å². The Bertz CT molecular complexity index is 513. The van der Waals surface area contributed by atoms with E-state index in [0.717, 1.165) is 0 Å². The molecule has 1 fully saturated rings. The molecule has 1 aromatic rings. The van der Waals surface area contributed by atoms with Crippen LogP contribution in [0, 0.1) is 11.3 Å². The molecule has 1 aliphatic heterocycles. The van der Waals surface area contributed by atoms with Crippen LogP contribution < -0.4 is 0 Å². The van der Waals surface area contributed by atoms with Crippen molar-refractivity contribution in [1.82, 2.24) is 4.90 Å². The fourth-order valence-electron chi connectivity index (χ4n) is 1.75. The molecule has 94 valence electrons. The quantitative estimate of drug-likeness (QED) is 0.796. The van der Waals surface area contributed by atoms with Crippen molar-refractivity contribution in [3.05, 3.63) is 33.8 Å². The van der Waals surface area contributed by atoms with Gasteiger partial charge in [0.2, 0.25) is 0 Å². The van der Waals surface area contributed by atoms with Crippen LogP contribution in [-0.4, -0.2) is 36.6 Å². The molecule has 4 nitrogen and oxygen atoms in total. The first-order valence-electron chi connectivity index (χ1n) is 5.37. The zero-order valence-electron chi connectivity index (χ0n) is 9.40. The molecule has 1 unspecified atom stereocenters. The highest BCUT2D eigenvalue weighted by atomic mass is 35.5. The minimum Gasteiger partial charge on any atom is -0.376 e. The van der Waals surface area contributed by atoms with Crippen LogP contribution in [0.15, 0.2) is 18.2 Å². The maximum atomic E-state index is 12.3. The van der Waals surface area contributed by atoms with Crippen LogP contribution in [0.1, 0.15) is 10.4 Å². The first kappa shape index (κ1) is 13.2. The summed E-state index contributed by atoms with van der Waals surface area (Å²) in [5.41, 5.74) is 0.423. The Morgan fingerprint density at radius 1 is 1.44 bits per heavy atom. The van der Waals surface area contributed by atoms with Crippen molar-refractivity contribution in [2.24, 2.45) is 0 Å². The van der Waals surface area contributed by atoms with Crippen LogP contribution >= 0.6 is 23.2 Å². The average Bonchev–Trinajstić information content (AvgIpc) is 2.41. The maximum absolute atomic E-state index is 12.3. The van der Waals surface area contributed by atoms with Crippen molar-refractivity contribution in [3.63, 3.8) is 0 Å². The van der Waals surface area contributed by atoms with Crippen LogP contribution in [-0.2, 0) is 4.74 Å². The van der Waals surface area contributed by atoms with E-state index >= 15 is 0 Å². The van der Waals surface area contributed by atoms with E-state index in [1.54, 1.807) is 12.1 Å². The lowest BCUT2D eigenvalue weighted by atomic mass is 10.1. The van der Waals surface area contributed by atoms with E-state index in [1.165, 1.54) is 11.0 Å². The maximum Gasteiger partial charge on any atom is 0.255 e. The van der Waals surface area contributed by atoms with Crippen molar-refractivity contribution in [3.8, 4) is 6.07 Å². The molecular formula is C12H10Cl2N2O2. The van der Waals surface area contributed by atoms with Gasteiger partial charge in [-0.05, 0) is 18.2 Å². The second kappa shape index (κ2) is 5.57. The Kier molecular flexibility index (Phi) is 4.07. The molecule has 1 heterocycles. The molecule has 6 heteroatoms. The summed E-state index contributed by atoms with van der Waals surface area (Å²) >= 11 is 11.7. The lowest BCUT2D eigenvalue weighted by Gasteiger charge is -2.31. The Hall–Kier alpha value is -1.28. The molecule has 0 bridgehead atoms. The first-order chi connectivity index (χ1) is 8.63. The predicted molar refractivity (Wildman–Crippen MR) is 67.7 cm³/mol. The number of halogens is 2. The van der Waals surface area contributed by atoms with Gasteiger partial charge in [-0.2, -0.15) is 5.26 Å². The van der Waals surface area contributed by atoms with Gasteiger partial charge in [0, 0.05) is 12.1 Å². The van der Waals surface area contributed by atoms with Gasteiger partial charge in [-0.15, -0.1) is 0 Å². The van der Waals surface area contributed by atoms with Crippen LogP contribution in [0.2, 0.25) is 10.0 Å². The van der Waals surface area contributed by atoms with Gasteiger partial charge in [0.15, 0.2) is 0 Å². The molecule has 2 rings (SSSR count). The van der Waals surface area contributed by atoms with Crippen molar-refractivity contribution >= 4 is 29.1 Å². The van der Waals surface area contributed by atoms with Gasteiger partial charge in [-0.25, -0.2) is 0 Å². The Labute approximate surface area is 115 Å². The third-order valence-electron chi connectivity index (χ3n) is 2.70. The number of nitriles is 1. The second-order valence-corrected chi connectivity index (χ2v) is 4.66. The van der Waals surface area contributed by atoms with Crippen molar-refractivity contribution in [2.75, 3.05) is 19.8 Å². The summed E-state index contributed by atoms with van der Waals surface area (Å²) < 4.78 is 5.17. The van der Waals surface area contributed by atoms with E-state index in [4.69, 9.17) is 33.2 Å². The molecule has 1 saturated heterocycles. The predicted octanol–water partition coefficient (Wildman–Crippen LogP) is 2.36. The lowest BCUT2D eigenvalue weighted by molar-refractivity contribution is 0.0132. The molecule has 1 amide bonds. The van der Waals surface area contributed by atoms with Crippen molar-refractivity contribution < 1.29 is 9.53 Å². The summed E-state index contributed by atoms with van der Waals surface area (Å²) in [6, 6.07) is 6.17. The molecule has 1 aromatic carbocycles. The number of ether oxygens (including phenoxy) is 1. The fraction of sp³-hybridized carbons (Fsp3) is 0.333. The highest BCUT2D eigenvalue weighted by Gasteiger charge is 2.28. The number of nitrogens with zero attached hydrogens (tertiary/aromatic N) is 2. The summed E-state index contributed by atoms with van der Waals surface area (Å²) in [5.74, 6) is -0.233. The molecule has 1 aliphatic rings. The van der Waals surface area contributed by atoms with E-state index in [9.17, 15) is 4.79 Å². The van der Waals surface area contributed by atoms with Crippen LogP contribution in [0.3, 0.4) is 0 Å².